The summed E-state index contributed by atoms with van der Waals surface area (Å²) >= 11 is 0. The van der Waals surface area contributed by atoms with Crippen LogP contribution >= 0.6 is 0 Å². The molecule has 3 nitrogen and oxygen atoms in total. The molecule has 3 rings (SSSR count). The number of nitrogens with two attached hydrogens (primary N) is 1. The van der Waals surface area contributed by atoms with Crippen molar-refractivity contribution in [1.29, 1.82) is 0 Å². The molecule has 0 amide bonds. The van der Waals surface area contributed by atoms with Crippen molar-refractivity contribution >= 4 is 0 Å². The van der Waals surface area contributed by atoms with Gasteiger partial charge in [0, 0.05) is 30.1 Å². The van der Waals surface area contributed by atoms with E-state index in [4.69, 9.17) is 10.5 Å². The summed E-state index contributed by atoms with van der Waals surface area (Å²) in [6.07, 6.45) is 5.29. The molecule has 0 saturated carbocycles. The number of benzene rings is 1. The van der Waals surface area contributed by atoms with Gasteiger partial charge >= 0.3 is 0 Å². The van der Waals surface area contributed by atoms with Crippen molar-refractivity contribution in [1.82, 2.24) is 4.90 Å². The fourth-order valence-electron chi connectivity index (χ4n) is 4.21. The lowest BCUT2D eigenvalue weighted by Crippen LogP contribution is -2.46. The third kappa shape index (κ3) is 3.02. The molecule has 0 aliphatic carbocycles. The molecule has 2 heterocycles. The van der Waals surface area contributed by atoms with Gasteiger partial charge in [0.25, 0.3) is 0 Å². The maximum absolute atomic E-state index is 6.63. The molecule has 2 aliphatic heterocycles. The minimum absolute atomic E-state index is 0.0989. The molecular weight excluding hydrogens is 272 g/mol. The van der Waals surface area contributed by atoms with Gasteiger partial charge in [-0.15, -0.1) is 0 Å². The molecular formula is C19H30N2O. The molecule has 1 aromatic rings. The molecule has 0 spiro atoms. The van der Waals surface area contributed by atoms with E-state index in [-0.39, 0.29) is 6.04 Å². The second-order valence-electron chi connectivity index (χ2n) is 7.15. The van der Waals surface area contributed by atoms with E-state index < -0.39 is 0 Å². The van der Waals surface area contributed by atoms with Crippen LogP contribution in [0.2, 0.25) is 0 Å². The van der Waals surface area contributed by atoms with Crippen molar-refractivity contribution in [3.05, 3.63) is 28.8 Å². The summed E-state index contributed by atoms with van der Waals surface area (Å²) in [5, 5.41) is 0. The van der Waals surface area contributed by atoms with Crippen molar-refractivity contribution in [2.75, 3.05) is 19.7 Å². The Balaban J connectivity index is 1.76. The standard InChI is InChI=1S/C19H30N2O/c1-4-16-7-5-6-8-21(16)11-15-12-22-19-14(3)9-13(2)10-17(19)18(15)20/h9-10,15-16,18H,4-8,11-12,20H2,1-3H3. The molecule has 22 heavy (non-hydrogen) atoms. The lowest BCUT2D eigenvalue weighted by atomic mass is 9.87. The van der Waals surface area contributed by atoms with Gasteiger partial charge in [0.15, 0.2) is 0 Å². The Bertz CT molecular complexity index is 528. The van der Waals surface area contributed by atoms with Crippen LogP contribution < -0.4 is 10.5 Å². The predicted molar refractivity (Wildman–Crippen MR) is 91.3 cm³/mol. The number of nitrogens with zero attached hydrogens (tertiary/aromatic N) is 1. The Kier molecular flexibility index (Phi) is 4.74. The lowest BCUT2D eigenvalue weighted by molar-refractivity contribution is 0.0848. The second-order valence-corrected chi connectivity index (χ2v) is 7.15. The van der Waals surface area contributed by atoms with Crippen LogP contribution in [0.1, 0.15) is 55.3 Å². The van der Waals surface area contributed by atoms with E-state index in [1.54, 1.807) is 0 Å². The predicted octanol–water partition coefficient (Wildman–Crippen LogP) is 3.58. The molecule has 0 radical (unpaired) electrons. The van der Waals surface area contributed by atoms with Gasteiger partial charge in [0.2, 0.25) is 0 Å². The second kappa shape index (κ2) is 6.59. The number of hydrogen-bond donors (Lipinski definition) is 1. The van der Waals surface area contributed by atoms with Crippen molar-refractivity contribution in [3.8, 4) is 5.75 Å². The van der Waals surface area contributed by atoms with E-state index in [9.17, 15) is 0 Å². The minimum atomic E-state index is 0.0989. The molecule has 1 fully saturated rings. The topological polar surface area (TPSA) is 38.5 Å². The summed E-state index contributed by atoms with van der Waals surface area (Å²) in [5.41, 5.74) is 10.3. The number of piperidine rings is 1. The molecule has 122 valence electrons. The summed E-state index contributed by atoms with van der Waals surface area (Å²) in [7, 11) is 0. The van der Waals surface area contributed by atoms with Gasteiger partial charge in [-0.3, -0.25) is 4.90 Å². The zero-order valence-corrected chi connectivity index (χ0v) is 14.3. The number of ether oxygens (including phenoxy) is 1. The van der Waals surface area contributed by atoms with Crippen LogP contribution in [-0.2, 0) is 0 Å². The molecule has 3 atom stereocenters. The zero-order valence-electron chi connectivity index (χ0n) is 14.3. The highest BCUT2D eigenvalue weighted by molar-refractivity contribution is 5.46. The largest absolute Gasteiger partial charge is 0.493 e. The van der Waals surface area contributed by atoms with Gasteiger partial charge in [0.1, 0.15) is 5.75 Å². The van der Waals surface area contributed by atoms with Crippen molar-refractivity contribution in [2.45, 2.75) is 58.5 Å². The summed E-state index contributed by atoms with van der Waals surface area (Å²) in [6, 6.07) is 5.24. The van der Waals surface area contributed by atoms with Gasteiger partial charge in [-0.1, -0.05) is 31.0 Å². The highest BCUT2D eigenvalue weighted by Gasteiger charge is 2.32. The number of likely N-dealkylation sites (tertiary alicyclic amines) is 1. The molecule has 1 aromatic carbocycles. The van der Waals surface area contributed by atoms with E-state index in [1.807, 2.05) is 0 Å². The first kappa shape index (κ1) is 15.8. The van der Waals surface area contributed by atoms with Crippen LogP contribution in [0.5, 0.6) is 5.75 Å². The fraction of sp³-hybridized carbons (Fsp3) is 0.684. The quantitative estimate of drug-likeness (QED) is 0.927. The molecule has 2 aliphatic rings. The fourth-order valence-corrected chi connectivity index (χ4v) is 4.21. The Morgan fingerprint density at radius 1 is 1.27 bits per heavy atom. The highest BCUT2D eigenvalue weighted by Crippen LogP contribution is 2.38. The van der Waals surface area contributed by atoms with E-state index in [1.165, 1.54) is 48.9 Å². The molecule has 0 aromatic heterocycles. The van der Waals surface area contributed by atoms with Gasteiger partial charge in [-0.2, -0.15) is 0 Å². The summed E-state index contributed by atoms with van der Waals surface area (Å²) < 4.78 is 6.10. The maximum atomic E-state index is 6.63. The average molecular weight is 302 g/mol. The first-order chi connectivity index (χ1) is 10.6. The average Bonchev–Trinajstić information content (AvgIpc) is 2.51. The monoisotopic (exact) mass is 302 g/mol. The highest BCUT2D eigenvalue weighted by atomic mass is 16.5. The normalized spacial score (nSPS) is 29.0. The van der Waals surface area contributed by atoms with Crippen LogP contribution in [0.3, 0.4) is 0 Å². The SMILES string of the molecule is CCC1CCCCN1CC1COc2c(C)cc(C)cc2C1N. The van der Waals surface area contributed by atoms with Crippen LogP contribution in [0, 0.1) is 19.8 Å². The Hall–Kier alpha value is -1.06. The van der Waals surface area contributed by atoms with Gasteiger partial charge in [-0.25, -0.2) is 0 Å². The lowest BCUT2D eigenvalue weighted by Gasteiger charge is -2.40. The number of hydrogen-bond acceptors (Lipinski definition) is 3. The van der Waals surface area contributed by atoms with Crippen LogP contribution in [0.25, 0.3) is 0 Å². The zero-order chi connectivity index (χ0) is 15.7. The maximum Gasteiger partial charge on any atom is 0.127 e. The Morgan fingerprint density at radius 2 is 2.09 bits per heavy atom. The van der Waals surface area contributed by atoms with Crippen LogP contribution in [-0.4, -0.2) is 30.6 Å². The van der Waals surface area contributed by atoms with Crippen molar-refractivity contribution in [3.63, 3.8) is 0 Å². The van der Waals surface area contributed by atoms with Crippen LogP contribution in [0.4, 0.5) is 0 Å². The first-order valence-corrected chi connectivity index (χ1v) is 8.83. The Morgan fingerprint density at radius 3 is 2.86 bits per heavy atom. The number of fused-ring (bicyclic) bond motifs is 1. The number of rotatable bonds is 3. The van der Waals surface area contributed by atoms with E-state index >= 15 is 0 Å². The third-order valence-electron chi connectivity index (χ3n) is 5.45. The summed E-state index contributed by atoms with van der Waals surface area (Å²) in [6.45, 7) is 9.62. The minimum Gasteiger partial charge on any atom is -0.493 e. The summed E-state index contributed by atoms with van der Waals surface area (Å²) in [5.74, 6) is 1.43. The van der Waals surface area contributed by atoms with Crippen LogP contribution in [0.15, 0.2) is 12.1 Å². The smallest absolute Gasteiger partial charge is 0.127 e. The van der Waals surface area contributed by atoms with Gasteiger partial charge in [0.05, 0.1) is 6.61 Å². The van der Waals surface area contributed by atoms with Crippen molar-refractivity contribution < 1.29 is 4.74 Å². The molecule has 3 heteroatoms. The van der Waals surface area contributed by atoms with Gasteiger partial charge < -0.3 is 10.5 Å². The first-order valence-electron chi connectivity index (χ1n) is 8.83. The third-order valence-corrected chi connectivity index (χ3v) is 5.45. The summed E-state index contributed by atoms with van der Waals surface area (Å²) in [4.78, 5) is 2.66. The molecule has 3 unspecified atom stereocenters. The van der Waals surface area contributed by atoms with E-state index in [2.05, 4.69) is 37.8 Å². The van der Waals surface area contributed by atoms with E-state index in [0.29, 0.717) is 5.92 Å². The Labute approximate surface area is 134 Å². The van der Waals surface area contributed by atoms with Crippen molar-refractivity contribution in [2.24, 2.45) is 11.7 Å². The molecule has 2 N–H and O–H groups in total. The number of aryl methyl sites for hydroxylation is 2. The van der Waals surface area contributed by atoms with E-state index in [0.717, 1.165) is 24.9 Å². The molecule has 1 saturated heterocycles. The molecule has 0 bridgehead atoms. The van der Waals surface area contributed by atoms with Gasteiger partial charge in [-0.05, 0) is 45.2 Å².